The van der Waals surface area contributed by atoms with Gasteiger partial charge in [0.15, 0.2) is 5.78 Å². The van der Waals surface area contributed by atoms with Gasteiger partial charge >= 0.3 is 11.9 Å². The van der Waals surface area contributed by atoms with Crippen molar-refractivity contribution in [2.24, 2.45) is 5.92 Å². The van der Waals surface area contributed by atoms with Crippen LogP contribution in [0.1, 0.15) is 68.6 Å². The zero-order valence-electron chi connectivity index (χ0n) is 20.5. The maximum absolute atomic E-state index is 13.1. The molecule has 0 bridgehead atoms. The predicted octanol–water partition coefficient (Wildman–Crippen LogP) is 4.86. The molecule has 0 spiro atoms. The van der Waals surface area contributed by atoms with Gasteiger partial charge in [-0.25, -0.2) is 9.59 Å². The Morgan fingerprint density at radius 3 is 2.47 bits per heavy atom. The molecule has 1 aromatic heterocycles. The average Bonchev–Trinajstić information content (AvgIpc) is 3.30. The first-order chi connectivity index (χ1) is 16.0. The van der Waals surface area contributed by atoms with Gasteiger partial charge < -0.3 is 18.8 Å². The van der Waals surface area contributed by atoms with E-state index in [9.17, 15) is 14.4 Å². The minimum absolute atomic E-state index is 0.0662. The second kappa shape index (κ2) is 8.78. The van der Waals surface area contributed by atoms with Gasteiger partial charge in [0.05, 0.1) is 25.0 Å². The molecule has 0 fully saturated rings. The van der Waals surface area contributed by atoms with Gasteiger partial charge in [-0.2, -0.15) is 0 Å². The van der Waals surface area contributed by atoms with Crippen molar-refractivity contribution in [1.29, 1.82) is 0 Å². The molecule has 34 heavy (non-hydrogen) atoms. The number of hydrogen-bond acceptors (Lipinski definition) is 7. The molecule has 7 heteroatoms. The first-order valence-corrected chi connectivity index (χ1v) is 11.5. The van der Waals surface area contributed by atoms with E-state index in [1.54, 1.807) is 39.3 Å². The Kier molecular flexibility index (Phi) is 6.14. The topological polar surface area (TPSA) is 86.1 Å². The number of carbonyl (C=O) groups is 3. The number of carbonyl (C=O) groups excluding carboxylic acids is 3. The largest absolute Gasteiger partial charge is 0.465 e. The third-order valence-corrected chi connectivity index (χ3v) is 6.35. The maximum atomic E-state index is 13.1. The van der Waals surface area contributed by atoms with E-state index in [4.69, 9.17) is 13.9 Å². The monoisotopic (exact) mass is 465 g/mol. The number of esters is 2. The highest BCUT2D eigenvalue weighted by Gasteiger charge is 2.42. The van der Waals surface area contributed by atoms with E-state index in [0.717, 1.165) is 11.1 Å². The number of rotatable bonds is 4. The van der Waals surface area contributed by atoms with Crippen molar-refractivity contribution in [1.82, 2.24) is 4.90 Å². The number of ether oxygens (including phenoxy) is 2. The van der Waals surface area contributed by atoms with Crippen LogP contribution in [0.4, 0.5) is 0 Å². The average molecular weight is 466 g/mol. The van der Waals surface area contributed by atoms with Crippen LogP contribution in [0, 0.1) is 5.92 Å². The molecule has 4 rings (SSSR count). The Hall–Kier alpha value is -3.35. The Morgan fingerprint density at radius 1 is 1.15 bits per heavy atom. The van der Waals surface area contributed by atoms with Crippen LogP contribution in [0.25, 0.3) is 11.3 Å². The lowest BCUT2D eigenvalue weighted by molar-refractivity contribution is -0.151. The van der Waals surface area contributed by atoms with Crippen LogP contribution in [0.15, 0.2) is 46.7 Å². The molecule has 180 valence electrons. The Morgan fingerprint density at radius 2 is 1.88 bits per heavy atom. The number of benzene rings is 1. The van der Waals surface area contributed by atoms with Gasteiger partial charge in [0, 0.05) is 24.2 Å². The fraction of sp³-hybridized carbons (Fsp3) is 0.444. The van der Waals surface area contributed by atoms with Crippen molar-refractivity contribution in [2.45, 2.75) is 65.1 Å². The zero-order chi connectivity index (χ0) is 24.8. The van der Waals surface area contributed by atoms with Crippen molar-refractivity contribution in [2.75, 3.05) is 7.11 Å². The molecule has 0 N–H and O–H groups in total. The maximum Gasteiger partial charge on any atom is 0.343 e. The third kappa shape index (κ3) is 4.39. The summed E-state index contributed by atoms with van der Waals surface area (Å²) < 4.78 is 16.1. The quantitative estimate of drug-likeness (QED) is 0.471. The Balaban J connectivity index is 1.83. The minimum atomic E-state index is -0.696. The van der Waals surface area contributed by atoms with Gasteiger partial charge in [0.25, 0.3) is 0 Å². The summed E-state index contributed by atoms with van der Waals surface area (Å²) >= 11 is 0. The second-order valence-corrected chi connectivity index (χ2v) is 10.2. The van der Waals surface area contributed by atoms with E-state index in [-0.39, 0.29) is 35.8 Å². The molecule has 2 atom stereocenters. The van der Waals surface area contributed by atoms with E-state index in [0.29, 0.717) is 23.3 Å². The van der Waals surface area contributed by atoms with Crippen LogP contribution in [-0.2, 0) is 25.5 Å². The second-order valence-electron chi connectivity index (χ2n) is 10.2. The highest BCUT2D eigenvalue weighted by atomic mass is 16.6. The summed E-state index contributed by atoms with van der Waals surface area (Å²) in [6, 6.07) is 7.15. The molecule has 0 radical (unpaired) electrons. The van der Waals surface area contributed by atoms with E-state index in [1.165, 1.54) is 7.11 Å². The molecule has 2 aromatic rings. The standard InChI is InChI=1S/C27H31NO6/c1-15(2)21-11-16-10-18(24-8-7-9-33-24)19(25(30)32-6)12-17(16)22-13-23(29)20(14-28(21)22)26(31)34-27(3,4)5/h7-10,12,14-15,21-22H,11,13H2,1-6H3. The summed E-state index contributed by atoms with van der Waals surface area (Å²) in [7, 11) is 1.34. The first-order valence-electron chi connectivity index (χ1n) is 11.5. The summed E-state index contributed by atoms with van der Waals surface area (Å²) in [6.07, 6.45) is 4.06. The van der Waals surface area contributed by atoms with Crippen molar-refractivity contribution in [3.63, 3.8) is 0 Å². The van der Waals surface area contributed by atoms with Gasteiger partial charge in [-0.3, -0.25) is 4.79 Å². The predicted molar refractivity (Wildman–Crippen MR) is 126 cm³/mol. The molecule has 2 aliphatic heterocycles. The highest BCUT2D eigenvalue weighted by Crippen LogP contribution is 2.44. The van der Waals surface area contributed by atoms with E-state index < -0.39 is 17.5 Å². The molecule has 0 aliphatic carbocycles. The minimum Gasteiger partial charge on any atom is -0.465 e. The number of furan rings is 1. The van der Waals surface area contributed by atoms with Crippen molar-refractivity contribution >= 4 is 17.7 Å². The van der Waals surface area contributed by atoms with Crippen LogP contribution < -0.4 is 0 Å². The summed E-state index contributed by atoms with van der Waals surface area (Å²) in [6.45, 7) is 9.59. The molecular formula is C27H31NO6. The van der Waals surface area contributed by atoms with Gasteiger partial charge in [-0.05, 0) is 68.5 Å². The van der Waals surface area contributed by atoms with Crippen LogP contribution >= 0.6 is 0 Å². The first kappa shape index (κ1) is 23.8. The Bertz CT molecular complexity index is 1150. The number of fused-ring (bicyclic) bond motifs is 3. The molecule has 7 nitrogen and oxygen atoms in total. The molecule has 1 aromatic carbocycles. The summed E-state index contributed by atoms with van der Waals surface area (Å²) in [5.74, 6) is -0.502. The zero-order valence-corrected chi connectivity index (χ0v) is 20.5. The van der Waals surface area contributed by atoms with Gasteiger partial charge in [0.1, 0.15) is 16.9 Å². The van der Waals surface area contributed by atoms with Crippen LogP contribution in [0.3, 0.4) is 0 Å². The molecule has 2 unspecified atom stereocenters. The lowest BCUT2D eigenvalue weighted by Gasteiger charge is -2.47. The molecule has 0 saturated carbocycles. The molecule has 0 amide bonds. The third-order valence-electron chi connectivity index (χ3n) is 6.35. The van der Waals surface area contributed by atoms with Gasteiger partial charge in [0.2, 0.25) is 0 Å². The summed E-state index contributed by atoms with van der Waals surface area (Å²) in [5.41, 5.74) is 2.37. The van der Waals surface area contributed by atoms with E-state index >= 15 is 0 Å². The van der Waals surface area contributed by atoms with Crippen LogP contribution in [0.5, 0.6) is 0 Å². The van der Waals surface area contributed by atoms with E-state index in [1.807, 2.05) is 18.2 Å². The smallest absolute Gasteiger partial charge is 0.343 e. The number of Topliss-reactive ketones (excluding diaryl/α,β-unsaturated/α-hetero) is 1. The normalized spacial score (nSPS) is 19.9. The SMILES string of the molecule is COC(=O)c1cc2c(cc1-c1ccco1)CC(C(C)C)N1C=C(C(=O)OC(C)(C)C)C(=O)CC21. The van der Waals surface area contributed by atoms with Crippen molar-refractivity contribution in [3.8, 4) is 11.3 Å². The molecule has 2 aliphatic rings. The van der Waals surface area contributed by atoms with Gasteiger partial charge in [-0.1, -0.05) is 13.8 Å². The lowest BCUT2D eigenvalue weighted by atomic mass is 9.78. The highest BCUT2D eigenvalue weighted by molar-refractivity contribution is 6.18. The van der Waals surface area contributed by atoms with E-state index in [2.05, 4.69) is 18.7 Å². The fourth-order valence-corrected chi connectivity index (χ4v) is 4.77. The number of hydrogen-bond donors (Lipinski definition) is 0. The summed E-state index contributed by atoms with van der Waals surface area (Å²) in [4.78, 5) is 40.6. The van der Waals surface area contributed by atoms with Crippen LogP contribution in [0.2, 0.25) is 0 Å². The van der Waals surface area contributed by atoms with Crippen LogP contribution in [-0.4, -0.2) is 41.4 Å². The molecule has 3 heterocycles. The van der Waals surface area contributed by atoms with Crippen molar-refractivity contribution in [3.05, 3.63) is 59.0 Å². The number of methoxy groups -OCH3 is 1. The fourth-order valence-electron chi connectivity index (χ4n) is 4.77. The lowest BCUT2D eigenvalue weighted by Crippen LogP contribution is -2.47. The Labute approximate surface area is 199 Å². The summed E-state index contributed by atoms with van der Waals surface area (Å²) in [5, 5.41) is 0. The molecule has 0 saturated heterocycles. The number of ketones is 1. The molecular weight excluding hydrogens is 434 g/mol. The van der Waals surface area contributed by atoms with Crippen molar-refractivity contribution < 1.29 is 28.3 Å². The van der Waals surface area contributed by atoms with Gasteiger partial charge in [-0.15, -0.1) is 0 Å². The number of nitrogens with zero attached hydrogens (tertiary/aromatic N) is 1.